The van der Waals surface area contributed by atoms with Gasteiger partial charge in [-0.1, -0.05) is 0 Å². The molecule has 1 N–H and O–H groups in total. The number of hydrogen-bond acceptors (Lipinski definition) is 4. The first kappa shape index (κ1) is 11.5. The second-order valence-electron chi connectivity index (χ2n) is 4.54. The molecule has 0 bridgehead atoms. The van der Waals surface area contributed by atoms with E-state index in [-0.39, 0.29) is 0 Å². The molecule has 1 aromatic heterocycles. The highest BCUT2D eigenvalue weighted by Gasteiger charge is 2.18. The molecule has 5 heteroatoms. The second-order valence-corrected chi connectivity index (χ2v) is 4.54. The van der Waals surface area contributed by atoms with Gasteiger partial charge in [0, 0.05) is 19.7 Å². The molecule has 1 saturated heterocycles. The molecule has 1 aromatic rings. The van der Waals surface area contributed by atoms with Crippen LogP contribution < -0.4 is 0 Å². The smallest absolute Gasteiger partial charge is 0.119 e. The van der Waals surface area contributed by atoms with Gasteiger partial charge in [0.2, 0.25) is 0 Å². The van der Waals surface area contributed by atoms with Crippen LogP contribution in [0.25, 0.3) is 0 Å². The third-order valence-corrected chi connectivity index (χ3v) is 3.22. The van der Waals surface area contributed by atoms with Gasteiger partial charge >= 0.3 is 0 Å². The molecule has 1 aliphatic rings. The summed E-state index contributed by atoms with van der Waals surface area (Å²) in [5.74, 6) is 0.490. The second kappa shape index (κ2) is 5.96. The first-order valence-corrected chi connectivity index (χ1v) is 6.04. The van der Waals surface area contributed by atoms with Crippen LogP contribution in [0.2, 0.25) is 0 Å². The third kappa shape index (κ3) is 3.28. The molecule has 2 heterocycles. The quantitative estimate of drug-likeness (QED) is 0.785. The Hall–Kier alpha value is -0.940. The highest BCUT2D eigenvalue weighted by molar-refractivity contribution is 4.72. The molecule has 5 nitrogen and oxygen atoms in total. The summed E-state index contributed by atoms with van der Waals surface area (Å²) in [7, 11) is 0. The van der Waals surface area contributed by atoms with Crippen molar-refractivity contribution in [3.05, 3.63) is 12.7 Å². The Morgan fingerprint density at radius 2 is 2.06 bits per heavy atom. The fourth-order valence-corrected chi connectivity index (χ4v) is 2.32. The molecule has 1 aliphatic heterocycles. The van der Waals surface area contributed by atoms with E-state index in [1.54, 1.807) is 12.7 Å². The molecule has 0 unspecified atom stereocenters. The Labute approximate surface area is 96.1 Å². The lowest BCUT2D eigenvalue weighted by Crippen LogP contribution is -2.37. The van der Waals surface area contributed by atoms with Crippen molar-refractivity contribution in [2.45, 2.75) is 25.8 Å². The number of aryl methyl sites for hydroxylation is 1. The number of nitrogens with zero attached hydrogens (tertiary/aromatic N) is 4. The van der Waals surface area contributed by atoms with E-state index in [1.165, 1.54) is 19.4 Å². The highest BCUT2D eigenvalue weighted by atomic mass is 16.3. The Balaban J connectivity index is 1.65. The van der Waals surface area contributed by atoms with Crippen LogP contribution in [0.1, 0.15) is 19.3 Å². The summed E-state index contributed by atoms with van der Waals surface area (Å²) in [5.41, 5.74) is 0. The number of piperidine rings is 1. The van der Waals surface area contributed by atoms with Crippen LogP contribution in [0.15, 0.2) is 12.7 Å². The minimum Gasteiger partial charge on any atom is -0.396 e. The van der Waals surface area contributed by atoms with Crippen LogP contribution in [0, 0.1) is 5.92 Å². The molecule has 1 fully saturated rings. The summed E-state index contributed by atoms with van der Waals surface area (Å²) in [6.07, 6.45) is 7.03. The van der Waals surface area contributed by atoms with Crippen LogP contribution in [0.5, 0.6) is 0 Å². The van der Waals surface area contributed by atoms with Crippen LogP contribution in [0.4, 0.5) is 0 Å². The van der Waals surface area contributed by atoms with Gasteiger partial charge < -0.3 is 14.6 Å². The monoisotopic (exact) mass is 224 g/mol. The molecule has 90 valence electrons. The third-order valence-electron chi connectivity index (χ3n) is 3.22. The molecule has 2 rings (SSSR count). The van der Waals surface area contributed by atoms with Crippen molar-refractivity contribution in [1.29, 1.82) is 0 Å². The van der Waals surface area contributed by atoms with E-state index in [1.807, 2.05) is 4.57 Å². The largest absolute Gasteiger partial charge is 0.396 e. The minimum absolute atomic E-state index is 0.335. The zero-order valence-electron chi connectivity index (χ0n) is 9.62. The predicted octanol–water partition coefficient (Wildman–Crippen LogP) is 0.372. The van der Waals surface area contributed by atoms with Gasteiger partial charge in [-0.15, -0.1) is 10.2 Å². The van der Waals surface area contributed by atoms with Crippen LogP contribution in [-0.2, 0) is 6.54 Å². The maximum Gasteiger partial charge on any atom is 0.119 e. The van der Waals surface area contributed by atoms with E-state index in [4.69, 9.17) is 5.11 Å². The molecule has 0 aromatic carbocycles. The normalized spacial score (nSPS) is 22.4. The van der Waals surface area contributed by atoms with E-state index >= 15 is 0 Å². The number of likely N-dealkylation sites (tertiary alicyclic amines) is 1. The first-order valence-electron chi connectivity index (χ1n) is 6.04. The Bertz CT molecular complexity index is 288. The van der Waals surface area contributed by atoms with E-state index in [0.29, 0.717) is 12.5 Å². The maximum absolute atomic E-state index is 9.14. The molecule has 0 radical (unpaired) electrons. The zero-order valence-corrected chi connectivity index (χ0v) is 9.62. The van der Waals surface area contributed by atoms with Gasteiger partial charge in [0.05, 0.1) is 0 Å². The molecule has 0 saturated carbocycles. The summed E-state index contributed by atoms with van der Waals surface area (Å²) in [6.45, 7) is 4.65. The Morgan fingerprint density at radius 1 is 1.25 bits per heavy atom. The minimum atomic E-state index is 0.335. The van der Waals surface area contributed by atoms with Crippen LogP contribution >= 0.6 is 0 Å². The fraction of sp³-hybridized carbons (Fsp3) is 0.818. The zero-order chi connectivity index (χ0) is 11.2. The Kier molecular flexibility index (Phi) is 4.30. The van der Waals surface area contributed by atoms with Crippen molar-refractivity contribution in [1.82, 2.24) is 19.7 Å². The van der Waals surface area contributed by atoms with Gasteiger partial charge in [-0.3, -0.25) is 0 Å². The topological polar surface area (TPSA) is 54.2 Å². The van der Waals surface area contributed by atoms with Crippen LogP contribution in [0.3, 0.4) is 0 Å². The standard InChI is InChI=1S/C11H20N4O/c16-8-11-3-1-4-14(7-11)5-2-6-15-9-12-13-10-15/h9-11,16H,1-8H2/t11-/m0/s1. The van der Waals surface area contributed by atoms with E-state index in [9.17, 15) is 0 Å². The summed E-state index contributed by atoms with van der Waals surface area (Å²) in [5, 5.41) is 16.7. The predicted molar refractivity (Wildman–Crippen MR) is 60.9 cm³/mol. The average molecular weight is 224 g/mol. The average Bonchev–Trinajstić information content (AvgIpc) is 2.82. The van der Waals surface area contributed by atoms with E-state index in [2.05, 4.69) is 15.1 Å². The molecule has 16 heavy (non-hydrogen) atoms. The molecule has 0 amide bonds. The number of aromatic nitrogens is 3. The maximum atomic E-state index is 9.14. The van der Waals surface area contributed by atoms with Crippen LogP contribution in [-0.4, -0.2) is 51.0 Å². The van der Waals surface area contributed by atoms with Crippen molar-refractivity contribution in [3.8, 4) is 0 Å². The van der Waals surface area contributed by atoms with Crippen molar-refractivity contribution in [3.63, 3.8) is 0 Å². The summed E-state index contributed by atoms with van der Waals surface area (Å²) in [6, 6.07) is 0. The van der Waals surface area contributed by atoms with E-state index < -0.39 is 0 Å². The summed E-state index contributed by atoms with van der Waals surface area (Å²) >= 11 is 0. The summed E-state index contributed by atoms with van der Waals surface area (Å²) in [4.78, 5) is 2.45. The van der Waals surface area contributed by atoms with E-state index in [0.717, 1.165) is 26.1 Å². The molecular weight excluding hydrogens is 204 g/mol. The lowest BCUT2D eigenvalue weighted by Gasteiger charge is -2.31. The van der Waals surface area contributed by atoms with Gasteiger partial charge in [0.15, 0.2) is 0 Å². The number of aliphatic hydroxyl groups is 1. The van der Waals surface area contributed by atoms with Gasteiger partial charge in [0.1, 0.15) is 12.7 Å². The number of aliphatic hydroxyl groups excluding tert-OH is 1. The molecular formula is C11H20N4O. The molecule has 0 aliphatic carbocycles. The SMILES string of the molecule is OC[C@H]1CCCN(CCCn2cnnc2)C1. The first-order chi connectivity index (χ1) is 7.88. The Morgan fingerprint density at radius 3 is 2.81 bits per heavy atom. The number of rotatable bonds is 5. The molecule has 1 atom stereocenters. The summed E-state index contributed by atoms with van der Waals surface area (Å²) < 4.78 is 2.01. The highest BCUT2D eigenvalue weighted by Crippen LogP contribution is 2.15. The van der Waals surface area contributed by atoms with Gasteiger partial charge in [-0.2, -0.15) is 0 Å². The van der Waals surface area contributed by atoms with Crippen molar-refractivity contribution in [2.24, 2.45) is 5.92 Å². The van der Waals surface area contributed by atoms with Crippen molar-refractivity contribution in [2.75, 3.05) is 26.2 Å². The van der Waals surface area contributed by atoms with Gasteiger partial charge in [0.25, 0.3) is 0 Å². The van der Waals surface area contributed by atoms with Gasteiger partial charge in [-0.05, 0) is 38.3 Å². The van der Waals surface area contributed by atoms with Crippen molar-refractivity contribution >= 4 is 0 Å². The van der Waals surface area contributed by atoms with Gasteiger partial charge in [-0.25, -0.2) is 0 Å². The lowest BCUT2D eigenvalue weighted by molar-refractivity contribution is 0.119. The fourth-order valence-electron chi connectivity index (χ4n) is 2.32. The lowest BCUT2D eigenvalue weighted by atomic mass is 9.99. The number of hydrogen-bond donors (Lipinski definition) is 1. The van der Waals surface area contributed by atoms with Crippen molar-refractivity contribution < 1.29 is 5.11 Å². The molecule has 0 spiro atoms.